The van der Waals surface area contributed by atoms with Gasteiger partial charge in [-0.2, -0.15) is 0 Å². The number of carbonyl (C=O) groups excluding carboxylic acids is 1. The summed E-state index contributed by atoms with van der Waals surface area (Å²) in [7, 11) is 4.07. The van der Waals surface area contributed by atoms with Crippen molar-refractivity contribution in [2.24, 2.45) is 0 Å². The SMILES string of the molecule is Cc1ccc2c(c1)[C@H]1CN(C)CC[C@H]1N2CC(=O)N(C)c1ccccc1. The van der Waals surface area contributed by atoms with Gasteiger partial charge in [-0.25, -0.2) is 0 Å². The number of likely N-dealkylation sites (tertiary alicyclic amines) is 1. The third-order valence-corrected chi connectivity index (χ3v) is 5.89. The molecule has 1 amide bonds. The average Bonchev–Trinajstić information content (AvgIpc) is 2.94. The van der Waals surface area contributed by atoms with Crippen LogP contribution in [0.1, 0.15) is 23.5 Å². The van der Waals surface area contributed by atoms with Crippen molar-refractivity contribution >= 4 is 17.3 Å². The highest BCUT2D eigenvalue weighted by atomic mass is 16.2. The summed E-state index contributed by atoms with van der Waals surface area (Å²) in [5, 5.41) is 0. The standard InChI is InChI=1S/C22H27N3O/c1-16-9-10-20-18(13-16)19-14-23(2)12-11-21(19)25(20)15-22(26)24(3)17-7-5-4-6-8-17/h4-10,13,19,21H,11-12,14-15H2,1-3H3/t19-,21-/m1/s1. The van der Waals surface area contributed by atoms with Crippen LogP contribution in [0.4, 0.5) is 11.4 Å². The number of hydrogen-bond acceptors (Lipinski definition) is 3. The van der Waals surface area contributed by atoms with Crippen molar-refractivity contribution in [3.8, 4) is 0 Å². The van der Waals surface area contributed by atoms with Crippen LogP contribution in [0.2, 0.25) is 0 Å². The van der Waals surface area contributed by atoms with Crippen LogP contribution in [0.3, 0.4) is 0 Å². The van der Waals surface area contributed by atoms with Gasteiger partial charge >= 0.3 is 0 Å². The molecule has 136 valence electrons. The number of aryl methyl sites for hydroxylation is 1. The van der Waals surface area contributed by atoms with Crippen LogP contribution in [0.25, 0.3) is 0 Å². The molecule has 26 heavy (non-hydrogen) atoms. The lowest BCUT2D eigenvalue weighted by Crippen LogP contribution is -2.48. The van der Waals surface area contributed by atoms with Crippen LogP contribution < -0.4 is 9.80 Å². The second-order valence-corrected chi connectivity index (χ2v) is 7.70. The first-order valence-corrected chi connectivity index (χ1v) is 9.42. The molecule has 2 atom stereocenters. The molecule has 1 fully saturated rings. The summed E-state index contributed by atoms with van der Waals surface area (Å²) in [4.78, 5) is 19.5. The van der Waals surface area contributed by atoms with Crippen molar-refractivity contribution in [3.05, 3.63) is 59.7 Å². The Balaban J connectivity index is 1.61. The normalized spacial score (nSPS) is 22.0. The van der Waals surface area contributed by atoms with Gasteiger partial charge in [0.05, 0.1) is 6.54 Å². The number of piperidine rings is 1. The van der Waals surface area contributed by atoms with Gasteiger partial charge in [-0.1, -0.05) is 35.9 Å². The van der Waals surface area contributed by atoms with Gasteiger partial charge in [0.2, 0.25) is 5.91 Å². The fourth-order valence-corrected chi connectivity index (χ4v) is 4.44. The molecular weight excluding hydrogens is 322 g/mol. The fraction of sp³-hybridized carbons (Fsp3) is 0.409. The maximum absolute atomic E-state index is 13.0. The molecule has 2 aromatic carbocycles. The molecule has 0 radical (unpaired) electrons. The Labute approximate surface area is 156 Å². The predicted molar refractivity (Wildman–Crippen MR) is 107 cm³/mol. The molecule has 2 aliphatic rings. The zero-order valence-electron chi connectivity index (χ0n) is 15.9. The Kier molecular flexibility index (Phi) is 4.45. The highest BCUT2D eigenvalue weighted by molar-refractivity contribution is 5.96. The van der Waals surface area contributed by atoms with Gasteiger partial charge in [-0.05, 0) is 50.7 Å². The van der Waals surface area contributed by atoms with E-state index in [-0.39, 0.29) is 5.91 Å². The molecule has 2 heterocycles. The quantitative estimate of drug-likeness (QED) is 0.851. The van der Waals surface area contributed by atoms with Crippen molar-refractivity contribution in [1.82, 2.24) is 4.90 Å². The van der Waals surface area contributed by atoms with Crippen LogP contribution >= 0.6 is 0 Å². The molecule has 0 bridgehead atoms. The van der Waals surface area contributed by atoms with E-state index in [0.717, 1.165) is 25.2 Å². The molecule has 0 N–H and O–H groups in total. The van der Waals surface area contributed by atoms with E-state index in [1.165, 1.54) is 16.8 Å². The summed E-state index contributed by atoms with van der Waals surface area (Å²) in [6, 6.07) is 17.0. The molecule has 0 aromatic heterocycles. The lowest BCUT2D eigenvalue weighted by molar-refractivity contribution is -0.117. The summed E-state index contributed by atoms with van der Waals surface area (Å²) in [6.45, 7) is 4.75. The summed E-state index contributed by atoms with van der Waals surface area (Å²) in [5.41, 5.74) is 4.90. The minimum absolute atomic E-state index is 0.141. The number of fused-ring (bicyclic) bond motifs is 3. The molecule has 0 aliphatic carbocycles. The first kappa shape index (κ1) is 17.1. The number of nitrogens with zero attached hydrogens (tertiary/aromatic N) is 3. The Hall–Kier alpha value is -2.33. The molecule has 4 nitrogen and oxygen atoms in total. The van der Waals surface area contributed by atoms with Gasteiger partial charge in [0.25, 0.3) is 0 Å². The van der Waals surface area contributed by atoms with Crippen molar-refractivity contribution in [2.75, 3.05) is 43.5 Å². The van der Waals surface area contributed by atoms with E-state index < -0.39 is 0 Å². The highest BCUT2D eigenvalue weighted by Gasteiger charge is 2.41. The molecule has 4 rings (SSSR count). The lowest BCUT2D eigenvalue weighted by atomic mass is 9.89. The maximum atomic E-state index is 13.0. The Morgan fingerprint density at radius 2 is 1.96 bits per heavy atom. The summed E-state index contributed by atoms with van der Waals surface area (Å²) in [5.74, 6) is 0.640. The monoisotopic (exact) mass is 349 g/mol. The predicted octanol–water partition coefficient (Wildman–Crippen LogP) is 3.27. The van der Waals surface area contributed by atoms with Crippen LogP contribution in [0.15, 0.2) is 48.5 Å². The Morgan fingerprint density at radius 3 is 2.73 bits per heavy atom. The van der Waals surface area contributed by atoms with Gasteiger partial charge < -0.3 is 14.7 Å². The molecular formula is C22H27N3O. The van der Waals surface area contributed by atoms with Gasteiger partial charge in [0, 0.05) is 36.9 Å². The number of hydrogen-bond donors (Lipinski definition) is 0. The van der Waals surface area contributed by atoms with Gasteiger partial charge in [-0.3, -0.25) is 4.79 Å². The first-order valence-electron chi connectivity index (χ1n) is 9.42. The Bertz CT molecular complexity index is 804. The van der Waals surface area contributed by atoms with Gasteiger partial charge in [0.15, 0.2) is 0 Å². The van der Waals surface area contributed by atoms with E-state index in [2.05, 4.69) is 42.0 Å². The third-order valence-electron chi connectivity index (χ3n) is 5.89. The minimum Gasteiger partial charge on any atom is -0.358 e. The fourth-order valence-electron chi connectivity index (χ4n) is 4.44. The first-order chi connectivity index (χ1) is 12.5. The van der Waals surface area contributed by atoms with E-state index in [0.29, 0.717) is 18.5 Å². The van der Waals surface area contributed by atoms with Gasteiger partial charge in [0.1, 0.15) is 0 Å². The highest BCUT2D eigenvalue weighted by Crippen LogP contribution is 2.44. The molecule has 1 saturated heterocycles. The Morgan fingerprint density at radius 1 is 1.19 bits per heavy atom. The third kappa shape index (κ3) is 2.99. The van der Waals surface area contributed by atoms with Crippen molar-refractivity contribution in [1.29, 1.82) is 0 Å². The molecule has 4 heteroatoms. The molecule has 2 aromatic rings. The summed E-state index contributed by atoms with van der Waals surface area (Å²) in [6.07, 6.45) is 1.11. The topological polar surface area (TPSA) is 26.8 Å². The van der Waals surface area contributed by atoms with E-state index in [4.69, 9.17) is 0 Å². The van der Waals surface area contributed by atoms with E-state index >= 15 is 0 Å². The van der Waals surface area contributed by atoms with E-state index in [1.54, 1.807) is 4.90 Å². The van der Waals surface area contributed by atoms with E-state index in [1.807, 2.05) is 37.4 Å². The zero-order valence-corrected chi connectivity index (χ0v) is 15.9. The number of carbonyl (C=O) groups is 1. The molecule has 0 saturated carbocycles. The van der Waals surface area contributed by atoms with Crippen LogP contribution in [-0.4, -0.2) is 50.6 Å². The van der Waals surface area contributed by atoms with E-state index in [9.17, 15) is 4.79 Å². The molecule has 0 spiro atoms. The number of rotatable bonds is 3. The number of amides is 1. The zero-order chi connectivity index (χ0) is 18.3. The summed E-state index contributed by atoms with van der Waals surface area (Å²) < 4.78 is 0. The summed E-state index contributed by atoms with van der Waals surface area (Å²) >= 11 is 0. The van der Waals surface area contributed by atoms with Crippen LogP contribution in [0, 0.1) is 6.92 Å². The smallest absolute Gasteiger partial charge is 0.246 e. The van der Waals surface area contributed by atoms with Gasteiger partial charge in [-0.15, -0.1) is 0 Å². The number of likely N-dealkylation sites (N-methyl/N-ethyl adjacent to an activating group) is 2. The number of benzene rings is 2. The number of para-hydroxylation sites is 1. The molecule has 2 aliphatic heterocycles. The largest absolute Gasteiger partial charge is 0.358 e. The van der Waals surface area contributed by atoms with Crippen LogP contribution in [0.5, 0.6) is 0 Å². The van der Waals surface area contributed by atoms with Crippen molar-refractivity contribution in [3.63, 3.8) is 0 Å². The maximum Gasteiger partial charge on any atom is 0.246 e. The minimum atomic E-state index is 0.141. The number of anilines is 2. The second-order valence-electron chi connectivity index (χ2n) is 7.70. The molecule has 0 unspecified atom stereocenters. The van der Waals surface area contributed by atoms with Crippen molar-refractivity contribution in [2.45, 2.75) is 25.3 Å². The van der Waals surface area contributed by atoms with Crippen molar-refractivity contribution < 1.29 is 4.79 Å². The van der Waals surface area contributed by atoms with Crippen LogP contribution in [-0.2, 0) is 4.79 Å². The second kappa shape index (κ2) is 6.76. The lowest BCUT2D eigenvalue weighted by Gasteiger charge is -2.37. The average molecular weight is 349 g/mol.